The molecule has 4 aromatic rings. The summed E-state index contributed by atoms with van der Waals surface area (Å²) >= 11 is 5.72. The summed E-state index contributed by atoms with van der Waals surface area (Å²) in [6, 6.07) is 9.06. The highest BCUT2D eigenvalue weighted by Crippen LogP contribution is 2.23. The predicted molar refractivity (Wildman–Crippen MR) is 119 cm³/mol. The lowest BCUT2D eigenvalue weighted by Crippen LogP contribution is -2.29. The number of benzene rings is 2. The van der Waals surface area contributed by atoms with Crippen LogP contribution in [0.3, 0.4) is 0 Å². The summed E-state index contributed by atoms with van der Waals surface area (Å²) in [6.45, 7) is 1.42. The third kappa shape index (κ3) is 4.50. The first kappa shape index (κ1) is 22.6. The highest BCUT2D eigenvalue weighted by molar-refractivity contribution is 6.30. The summed E-state index contributed by atoms with van der Waals surface area (Å²) in [6.07, 6.45) is 1.63. The van der Waals surface area contributed by atoms with Gasteiger partial charge in [0.2, 0.25) is 0 Å². The Kier molecular flexibility index (Phi) is 6.26. The van der Waals surface area contributed by atoms with Crippen LogP contribution in [0.1, 0.15) is 33.9 Å². The summed E-state index contributed by atoms with van der Waals surface area (Å²) in [4.78, 5) is 28.3. The molecule has 0 aliphatic carbocycles. The molecule has 0 unspecified atom stereocenters. The Hall–Kier alpha value is -3.56. The number of hydrogen-bond acceptors (Lipinski definition) is 4. The van der Waals surface area contributed by atoms with Gasteiger partial charge in [-0.15, -0.1) is 5.10 Å². The Morgan fingerprint density at radius 3 is 2.64 bits per heavy atom. The zero-order valence-corrected chi connectivity index (χ0v) is 18.2. The van der Waals surface area contributed by atoms with Gasteiger partial charge in [-0.2, -0.15) is 0 Å². The Bertz CT molecular complexity index is 1400. The van der Waals surface area contributed by atoms with Crippen LogP contribution in [0, 0.1) is 18.6 Å². The summed E-state index contributed by atoms with van der Waals surface area (Å²) in [5.74, 6) is -1.45. The number of aromatic nitrogens is 3. The van der Waals surface area contributed by atoms with Gasteiger partial charge >= 0.3 is 0 Å². The average Bonchev–Trinajstić information content (AvgIpc) is 3.13. The van der Waals surface area contributed by atoms with Crippen LogP contribution >= 0.6 is 11.6 Å². The monoisotopic (exact) mass is 472 g/mol. The molecule has 7 nitrogen and oxygen atoms in total. The Balaban J connectivity index is 1.70. The van der Waals surface area contributed by atoms with Crippen LogP contribution in [0.25, 0.3) is 16.9 Å². The smallest absolute Gasteiger partial charge is 0.275 e. The molecule has 2 aromatic heterocycles. The largest absolute Gasteiger partial charge is 0.396 e. The van der Waals surface area contributed by atoms with Crippen LogP contribution in [-0.4, -0.2) is 32.2 Å². The Labute approximate surface area is 191 Å². The molecular weight excluding hydrogens is 454 g/mol. The number of nitrogens with zero attached hydrogens (tertiary/aromatic N) is 2. The van der Waals surface area contributed by atoms with E-state index in [1.54, 1.807) is 6.92 Å². The van der Waals surface area contributed by atoms with Gasteiger partial charge in [-0.05, 0) is 54.8 Å². The summed E-state index contributed by atoms with van der Waals surface area (Å²) in [5.41, 5.74) is 1.21. The van der Waals surface area contributed by atoms with Gasteiger partial charge in [0.25, 0.3) is 11.5 Å². The lowest BCUT2D eigenvalue weighted by atomic mass is 10.0. The number of aliphatic hydroxyl groups excluding tert-OH is 1. The zero-order chi connectivity index (χ0) is 23.7. The molecular formula is C23H19ClF2N4O3. The van der Waals surface area contributed by atoms with Gasteiger partial charge in [0.1, 0.15) is 17.2 Å². The zero-order valence-electron chi connectivity index (χ0n) is 17.4. The van der Waals surface area contributed by atoms with E-state index >= 15 is 0 Å². The number of nitrogens with one attached hydrogen (secondary N) is 2. The number of aliphatic hydroxyl groups is 1. The van der Waals surface area contributed by atoms with E-state index in [0.29, 0.717) is 16.7 Å². The summed E-state index contributed by atoms with van der Waals surface area (Å²) in [5, 5.41) is 16.5. The lowest BCUT2D eigenvalue weighted by Gasteiger charge is -2.18. The first-order valence-electron chi connectivity index (χ1n) is 10.0. The van der Waals surface area contributed by atoms with Crippen LogP contribution in [0.2, 0.25) is 5.02 Å². The predicted octanol–water partition coefficient (Wildman–Crippen LogP) is 3.78. The number of hydrogen-bond donors (Lipinski definition) is 3. The number of H-pyrrole nitrogens is 1. The molecule has 0 aliphatic heterocycles. The van der Waals surface area contributed by atoms with Gasteiger partial charge in [-0.25, -0.2) is 13.3 Å². The SMILES string of the molecule is Cc1c(C(=O)N[C@H](CCO)c2ccc(F)cc2)cn2nc(-c3ccc(Cl)c(F)c3)[nH]c(=O)c12. The minimum absolute atomic E-state index is 0.0588. The fraction of sp³-hybridized carbons (Fsp3) is 0.174. The highest BCUT2D eigenvalue weighted by Gasteiger charge is 2.21. The van der Waals surface area contributed by atoms with E-state index in [9.17, 15) is 23.5 Å². The van der Waals surface area contributed by atoms with Crippen molar-refractivity contribution in [2.75, 3.05) is 6.61 Å². The van der Waals surface area contributed by atoms with E-state index in [1.807, 2.05) is 0 Å². The number of fused-ring (bicyclic) bond motifs is 1. The summed E-state index contributed by atoms with van der Waals surface area (Å²) in [7, 11) is 0. The first-order chi connectivity index (χ1) is 15.8. The number of rotatable bonds is 6. The van der Waals surface area contributed by atoms with Gasteiger partial charge in [0.15, 0.2) is 5.82 Å². The van der Waals surface area contributed by atoms with Gasteiger partial charge in [0, 0.05) is 18.4 Å². The number of halogens is 3. The maximum Gasteiger partial charge on any atom is 0.275 e. The van der Waals surface area contributed by atoms with Crippen LogP contribution in [-0.2, 0) is 0 Å². The van der Waals surface area contributed by atoms with E-state index < -0.39 is 29.1 Å². The molecule has 0 saturated carbocycles. The van der Waals surface area contributed by atoms with E-state index in [4.69, 9.17) is 11.6 Å². The molecule has 3 N–H and O–H groups in total. The molecule has 0 radical (unpaired) electrons. The van der Waals surface area contributed by atoms with Crippen molar-refractivity contribution in [2.24, 2.45) is 0 Å². The second kappa shape index (κ2) is 9.13. The van der Waals surface area contributed by atoms with Crippen molar-refractivity contribution in [2.45, 2.75) is 19.4 Å². The van der Waals surface area contributed by atoms with Crippen LogP contribution < -0.4 is 10.9 Å². The number of carbonyl (C=O) groups excluding carboxylic acids is 1. The molecule has 33 heavy (non-hydrogen) atoms. The molecule has 4 rings (SSSR count). The molecule has 1 atom stereocenters. The molecule has 2 heterocycles. The third-order valence-corrected chi connectivity index (χ3v) is 5.63. The molecule has 0 bridgehead atoms. The molecule has 0 fully saturated rings. The highest BCUT2D eigenvalue weighted by atomic mass is 35.5. The van der Waals surface area contributed by atoms with Crippen molar-refractivity contribution >= 4 is 23.0 Å². The molecule has 1 amide bonds. The maximum atomic E-state index is 13.8. The molecule has 0 saturated heterocycles. The van der Waals surface area contributed by atoms with Crippen LogP contribution in [0.15, 0.2) is 53.5 Å². The first-order valence-corrected chi connectivity index (χ1v) is 10.4. The number of aromatic amines is 1. The third-order valence-electron chi connectivity index (χ3n) is 5.33. The fourth-order valence-corrected chi connectivity index (χ4v) is 3.74. The van der Waals surface area contributed by atoms with Gasteiger partial charge < -0.3 is 15.4 Å². The molecule has 170 valence electrons. The van der Waals surface area contributed by atoms with E-state index in [-0.39, 0.29) is 35.0 Å². The molecule has 0 aliphatic rings. The van der Waals surface area contributed by atoms with Crippen molar-refractivity contribution in [3.63, 3.8) is 0 Å². The van der Waals surface area contributed by atoms with E-state index in [2.05, 4.69) is 15.4 Å². The quantitative estimate of drug-likeness (QED) is 0.397. The second-order valence-electron chi connectivity index (χ2n) is 7.48. The summed E-state index contributed by atoms with van der Waals surface area (Å²) < 4.78 is 28.4. The number of aryl methyl sites for hydroxylation is 1. The standard InChI is InChI=1S/C23H19ClF2N4O3/c1-12-16(22(32)27-19(8-9-31)13-2-5-15(25)6-3-13)11-30-20(12)23(33)28-21(29-30)14-4-7-17(24)18(26)10-14/h2-7,10-11,19,31H,8-9H2,1H3,(H,27,32)(H,28,29,33)/t19-/m1/s1. The van der Waals surface area contributed by atoms with Crippen molar-refractivity contribution in [3.05, 3.63) is 92.4 Å². The fourth-order valence-electron chi connectivity index (χ4n) is 3.62. The molecule has 10 heteroatoms. The minimum atomic E-state index is -0.656. The normalized spacial score (nSPS) is 12.2. The van der Waals surface area contributed by atoms with Crippen molar-refractivity contribution in [3.8, 4) is 11.4 Å². The molecule has 0 spiro atoms. The van der Waals surface area contributed by atoms with Crippen molar-refractivity contribution in [1.29, 1.82) is 0 Å². The average molecular weight is 473 g/mol. The van der Waals surface area contributed by atoms with Gasteiger partial charge in [0.05, 0.1) is 16.6 Å². The molecule has 2 aromatic carbocycles. The maximum absolute atomic E-state index is 13.8. The Morgan fingerprint density at radius 1 is 1.24 bits per heavy atom. The lowest BCUT2D eigenvalue weighted by molar-refractivity contribution is 0.0929. The topological polar surface area (TPSA) is 99.5 Å². The van der Waals surface area contributed by atoms with Crippen LogP contribution in [0.5, 0.6) is 0 Å². The van der Waals surface area contributed by atoms with Crippen LogP contribution in [0.4, 0.5) is 8.78 Å². The minimum Gasteiger partial charge on any atom is -0.396 e. The number of amides is 1. The van der Waals surface area contributed by atoms with Crippen molar-refractivity contribution < 1.29 is 18.7 Å². The van der Waals surface area contributed by atoms with Gasteiger partial charge in [-0.1, -0.05) is 23.7 Å². The number of carbonyl (C=O) groups is 1. The second-order valence-corrected chi connectivity index (χ2v) is 7.89. The van der Waals surface area contributed by atoms with E-state index in [1.165, 1.54) is 47.1 Å². The Morgan fingerprint density at radius 2 is 1.97 bits per heavy atom. The van der Waals surface area contributed by atoms with Gasteiger partial charge in [-0.3, -0.25) is 9.59 Å². The van der Waals surface area contributed by atoms with Crippen molar-refractivity contribution in [1.82, 2.24) is 19.9 Å². The van der Waals surface area contributed by atoms with E-state index in [0.717, 1.165) is 6.07 Å².